The molecular weight excluding hydrogens is 480 g/mol. The summed E-state index contributed by atoms with van der Waals surface area (Å²) < 4.78 is 5.96. The van der Waals surface area contributed by atoms with Gasteiger partial charge in [-0.25, -0.2) is 5.84 Å². The van der Waals surface area contributed by atoms with E-state index >= 15 is 0 Å². The maximum Gasteiger partial charge on any atom is 0.303 e. The summed E-state index contributed by atoms with van der Waals surface area (Å²) in [7, 11) is 0. The average Bonchev–Trinajstić information content (AvgIpc) is 3.10. The van der Waals surface area contributed by atoms with Crippen molar-refractivity contribution in [3.05, 3.63) is 22.8 Å². The molecule has 214 valence electrons. The van der Waals surface area contributed by atoms with Gasteiger partial charge < -0.3 is 14.9 Å². The highest BCUT2D eigenvalue weighted by atomic mass is 16.5. The number of aliphatic hydroxyl groups excluding tert-OH is 2. The molecule has 7 heteroatoms. The zero-order valence-corrected chi connectivity index (χ0v) is 24.5. The number of hydrogen-bond donors (Lipinski definition) is 4. The van der Waals surface area contributed by atoms with Crippen LogP contribution in [0.1, 0.15) is 99.8 Å². The Kier molecular flexibility index (Phi) is 7.99. The van der Waals surface area contributed by atoms with Crippen LogP contribution in [0.25, 0.3) is 0 Å². The van der Waals surface area contributed by atoms with Gasteiger partial charge in [-0.3, -0.25) is 15.0 Å². The van der Waals surface area contributed by atoms with Gasteiger partial charge in [0.2, 0.25) is 0 Å². The fourth-order valence-corrected chi connectivity index (χ4v) is 9.89. The Morgan fingerprint density at radius 1 is 1.08 bits per heavy atom. The van der Waals surface area contributed by atoms with Gasteiger partial charge in [-0.1, -0.05) is 39.3 Å². The number of hydrazine groups is 1. The van der Waals surface area contributed by atoms with Gasteiger partial charge in [-0.2, -0.15) is 0 Å². The summed E-state index contributed by atoms with van der Waals surface area (Å²) in [6.45, 7) is 14.6. The van der Waals surface area contributed by atoms with Crippen LogP contribution < -0.4 is 11.3 Å². The minimum atomic E-state index is -0.542. The predicted molar refractivity (Wildman–Crippen MR) is 147 cm³/mol. The zero-order valence-electron chi connectivity index (χ0n) is 24.5. The molecule has 0 radical (unpaired) electrons. The fraction of sp³-hybridized carbons (Fsp3) is 0.806. The minimum Gasteiger partial charge on any atom is -0.458 e. The fourth-order valence-electron chi connectivity index (χ4n) is 9.89. The van der Waals surface area contributed by atoms with Crippen molar-refractivity contribution in [3.63, 3.8) is 0 Å². The van der Waals surface area contributed by atoms with Crippen LogP contribution in [0.4, 0.5) is 0 Å². The number of allylic oxidation sites excluding steroid dienone is 2. The van der Waals surface area contributed by atoms with E-state index in [1.165, 1.54) is 12.5 Å². The van der Waals surface area contributed by atoms with Crippen LogP contribution in [-0.2, 0) is 14.3 Å². The summed E-state index contributed by atoms with van der Waals surface area (Å²) in [4.78, 5) is 25.5. The summed E-state index contributed by atoms with van der Waals surface area (Å²) in [5, 5.41) is 22.7. The van der Waals surface area contributed by atoms with Crippen LogP contribution in [0.2, 0.25) is 0 Å². The van der Waals surface area contributed by atoms with E-state index in [2.05, 4.69) is 39.2 Å². The van der Waals surface area contributed by atoms with Crippen LogP contribution in [0.3, 0.4) is 0 Å². The molecule has 0 aromatic heterocycles. The highest BCUT2D eigenvalue weighted by Gasteiger charge is 2.70. The molecule has 0 unspecified atom stereocenters. The number of aliphatic hydroxyl groups is 2. The van der Waals surface area contributed by atoms with E-state index in [0.717, 1.165) is 31.3 Å². The van der Waals surface area contributed by atoms with E-state index in [4.69, 9.17) is 10.6 Å². The normalized spacial score (nSPS) is 45.3. The lowest BCUT2D eigenvalue weighted by Gasteiger charge is -2.69. The number of amides is 1. The molecule has 4 fully saturated rings. The smallest absolute Gasteiger partial charge is 0.303 e. The number of ether oxygens (including phenoxy) is 1. The van der Waals surface area contributed by atoms with Crippen molar-refractivity contribution in [1.29, 1.82) is 0 Å². The van der Waals surface area contributed by atoms with Gasteiger partial charge in [0, 0.05) is 12.5 Å². The molecule has 0 saturated heterocycles. The third-order valence-corrected chi connectivity index (χ3v) is 11.7. The number of nitrogens with one attached hydrogen (secondary N) is 1. The number of carbonyl (C=O) groups excluding carboxylic acids is 2. The first-order chi connectivity index (χ1) is 17.7. The first-order valence-corrected chi connectivity index (χ1v) is 14.6. The second kappa shape index (κ2) is 10.4. The molecule has 0 aromatic rings. The Hall–Kier alpha value is -1.70. The lowest BCUT2D eigenvalue weighted by atomic mass is 9.36. The SMILES string of the molecule is CC(=O)O[C@H]1C[C@@]2(C)[C@@H](C[C@@H](O)[C@H]3[C@@]4(C)CC[C@@H](O)[C@@H](C)[C@@H]4CC[C@@]32C)/C1=C(\CCC=C(C)C)C(=O)NN. The van der Waals surface area contributed by atoms with Gasteiger partial charge >= 0.3 is 5.97 Å². The highest BCUT2D eigenvalue weighted by molar-refractivity contribution is 5.94. The largest absolute Gasteiger partial charge is 0.458 e. The standard InChI is InChI=1S/C31H50N2O5/c1-17(2)9-8-10-20(28(37)33-32)26-22-15-24(36)27-29(5)13-12-23(35)18(3)21(29)11-14-30(27,6)31(22,7)16-25(26)38-19(4)34/h9,18,21-25,27,35-36H,8,10-16,32H2,1-7H3,(H,33,37)/b26-20-/t18-,21-,22-,23+,24+,25-,27-,29-,30-,31-/m0/s1. The van der Waals surface area contributed by atoms with Crippen molar-refractivity contribution in [2.75, 3.05) is 0 Å². The molecule has 1 amide bonds. The Balaban J connectivity index is 1.84. The molecule has 0 spiro atoms. The third kappa shape index (κ3) is 4.46. The van der Waals surface area contributed by atoms with Gasteiger partial charge in [0.1, 0.15) is 6.10 Å². The maximum atomic E-state index is 13.2. The van der Waals surface area contributed by atoms with E-state index in [0.29, 0.717) is 37.2 Å². The molecule has 4 aliphatic rings. The predicted octanol–water partition coefficient (Wildman–Crippen LogP) is 4.57. The quantitative estimate of drug-likeness (QED) is 0.103. The Morgan fingerprint density at radius 2 is 1.76 bits per heavy atom. The zero-order chi connectivity index (χ0) is 28.2. The molecule has 0 bridgehead atoms. The van der Waals surface area contributed by atoms with E-state index < -0.39 is 12.2 Å². The first kappa shape index (κ1) is 29.3. The molecule has 38 heavy (non-hydrogen) atoms. The van der Waals surface area contributed by atoms with E-state index in [9.17, 15) is 19.8 Å². The van der Waals surface area contributed by atoms with Gasteiger partial charge in [0.15, 0.2) is 0 Å². The topological polar surface area (TPSA) is 122 Å². The van der Waals surface area contributed by atoms with Crippen molar-refractivity contribution < 1.29 is 24.5 Å². The molecule has 5 N–H and O–H groups in total. The number of fused-ring (bicyclic) bond motifs is 5. The van der Waals surface area contributed by atoms with E-state index in [1.54, 1.807) is 0 Å². The Labute approximate surface area is 228 Å². The lowest BCUT2D eigenvalue weighted by Crippen LogP contribution is -2.65. The molecule has 10 atom stereocenters. The molecule has 0 heterocycles. The molecular formula is C31H50N2O5. The van der Waals surface area contributed by atoms with E-state index in [-0.39, 0.29) is 52.0 Å². The molecule has 4 rings (SSSR count). The second-order valence-electron chi connectivity index (χ2n) is 13.8. The van der Waals surface area contributed by atoms with Crippen molar-refractivity contribution in [2.24, 2.45) is 45.8 Å². The molecule has 4 saturated carbocycles. The number of carbonyl (C=O) groups is 2. The first-order valence-electron chi connectivity index (χ1n) is 14.6. The average molecular weight is 531 g/mol. The lowest BCUT2D eigenvalue weighted by molar-refractivity contribution is -0.234. The number of esters is 1. The molecule has 7 nitrogen and oxygen atoms in total. The van der Waals surface area contributed by atoms with Crippen LogP contribution in [0.5, 0.6) is 0 Å². The summed E-state index contributed by atoms with van der Waals surface area (Å²) in [6.07, 6.45) is 6.73. The third-order valence-electron chi connectivity index (χ3n) is 11.7. The monoisotopic (exact) mass is 530 g/mol. The molecule has 4 aliphatic carbocycles. The van der Waals surface area contributed by atoms with Crippen molar-refractivity contribution in [1.82, 2.24) is 5.43 Å². The van der Waals surface area contributed by atoms with Crippen molar-refractivity contribution in [2.45, 2.75) is 118 Å². The Morgan fingerprint density at radius 3 is 2.37 bits per heavy atom. The van der Waals surface area contributed by atoms with Crippen LogP contribution in [0, 0.1) is 39.9 Å². The summed E-state index contributed by atoms with van der Waals surface area (Å²) in [5.74, 6) is 5.52. The van der Waals surface area contributed by atoms with Crippen molar-refractivity contribution in [3.8, 4) is 0 Å². The maximum absolute atomic E-state index is 13.2. The molecule has 0 aliphatic heterocycles. The van der Waals surface area contributed by atoms with Gasteiger partial charge in [0.05, 0.1) is 12.2 Å². The van der Waals surface area contributed by atoms with Crippen LogP contribution in [-0.4, -0.2) is 40.4 Å². The van der Waals surface area contributed by atoms with Gasteiger partial charge in [0.25, 0.3) is 5.91 Å². The summed E-state index contributed by atoms with van der Waals surface area (Å²) >= 11 is 0. The summed E-state index contributed by atoms with van der Waals surface area (Å²) in [5.41, 5.74) is 4.40. The number of nitrogens with two attached hydrogens (primary N) is 1. The molecule has 0 aromatic carbocycles. The number of rotatable bonds is 5. The van der Waals surface area contributed by atoms with Crippen molar-refractivity contribution >= 4 is 11.9 Å². The minimum absolute atomic E-state index is 0.0692. The van der Waals surface area contributed by atoms with Gasteiger partial charge in [-0.05, 0) is 111 Å². The number of hydrogen-bond acceptors (Lipinski definition) is 6. The Bertz CT molecular complexity index is 1020. The summed E-state index contributed by atoms with van der Waals surface area (Å²) in [6, 6.07) is 0. The van der Waals surface area contributed by atoms with Crippen LogP contribution in [0.15, 0.2) is 22.8 Å². The van der Waals surface area contributed by atoms with Gasteiger partial charge in [-0.15, -0.1) is 0 Å². The highest BCUT2D eigenvalue weighted by Crippen LogP contribution is 2.74. The van der Waals surface area contributed by atoms with Crippen LogP contribution >= 0.6 is 0 Å². The second-order valence-corrected chi connectivity index (χ2v) is 13.8. The van der Waals surface area contributed by atoms with E-state index in [1.807, 2.05) is 13.8 Å².